The Balaban J connectivity index is 2.32. The summed E-state index contributed by atoms with van der Waals surface area (Å²) in [6.45, 7) is 0. The number of carbonyl (C=O) groups excluding carboxylic acids is 2. The Morgan fingerprint density at radius 3 is 2.47 bits per heavy atom. The summed E-state index contributed by atoms with van der Waals surface area (Å²) in [6, 6.07) is 6.52. The Kier molecular flexibility index (Phi) is 3.10. The van der Waals surface area contributed by atoms with Gasteiger partial charge in [-0.1, -0.05) is 24.3 Å². The minimum atomic E-state index is -1.02. The minimum Gasteiger partial charge on any atom is -0.481 e. The standard InChI is InChI=1S/C12H8O4S/c13-9-5-10(17-6-11(14)15)12(16)8-4-2-1-3-7(8)9/h1-5H,6H2,(H,14,15). The summed E-state index contributed by atoms with van der Waals surface area (Å²) in [5.74, 6) is -1.79. The number of thioether (sulfide) groups is 1. The van der Waals surface area contributed by atoms with Crippen LogP contribution in [0.2, 0.25) is 0 Å². The van der Waals surface area contributed by atoms with Gasteiger partial charge in [0.1, 0.15) is 0 Å². The molecule has 0 aromatic heterocycles. The third-order valence-corrected chi connectivity index (χ3v) is 3.28. The van der Waals surface area contributed by atoms with Crippen molar-refractivity contribution in [1.29, 1.82) is 0 Å². The number of fused-ring (bicyclic) bond motifs is 1. The number of hydrogen-bond acceptors (Lipinski definition) is 4. The highest BCUT2D eigenvalue weighted by Gasteiger charge is 2.25. The van der Waals surface area contributed by atoms with E-state index in [1.165, 1.54) is 6.08 Å². The second kappa shape index (κ2) is 4.55. The van der Waals surface area contributed by atoms with Crippen LogP contribution in [0.25, 0.3) is 0 Å². The number of rotatable bonds is 3. The molecule has 1 aromatic carbocycles. The predicted molar refractivity (Wildman–Crippen MR) is 63.3 cm³/mol. The molecule has 0 heterocycles. The molecule has 4 nitrogen and oxygen atoms in total. The maximum atomic E-state index is 11.9. The SMILES string of the molecule is O=C(O)CSC1=CC(=O)c2ccccc2C1=O. The fourth-order valence-electron chi connectivity index (χ4n) is 1.54. The fraction of sp³-hybridized carbons (Fsp3) is 0.0833. The molecule has 1 N–H and O–H groups in total. The first-order chi connectivity index (χ1) is 8.09. The van der Waals surface area contributed by atoms with Gasteiger partial charge in [0.25, 0.3) is 0 Å². The fourth-order valence-corrected chi connectivity index (χ4v) is 2.25. The number of Topliss-reactive ketones (excluding diaryl/α,β-unsaturated/α-hetero) is 1. The van der Waals surface area contributed by atoms with E-state index in [0.29, 0.717) is 11.1 Å². The molecule has 86 valence electrons. The molecule has 17 heavy (non-hydrogen) atoms. The van der Waals surface area contributed by atoms with Crippen LogP contribution in [-0.2, 0) is 4.79 Å². The largest absolute Gasteiger partial charge is 0.481 e. The molecule has 0 spiro atoms. The number of ketones is 2. The summed E-state index contributed by atoms with van der Waals surface area (Å²) < 4.78 is 0. The highest BCUT2D eigenvalue weighted by molar-refractivity contribution is 8.04. The van der Waals surface area contributed by atoms with Crippen molar-refractivity contribution in [1.82, 2.24) is 0 Å². The molecular formula is C12H8O4S. The van der Waals surface area contributed by atoms with Crippen LogP contribution in [0.4, 0.5) is 0 Å². The van der Waals surface area contributed by atoms with Gasteiger partial charge in [-0.05, 0) is 0 Å². The van der Waals surface area contributed by atoms with Crippen molar-refractivity contribution in [3.8, 4) is 0 Å². The molecule has 0 unspecified atom stereocenters. The molecule has 0 radical (unpaired) electrons. The Labute approximate surface area is 101 Å². The zero-order chi connectivity index (χ0) is 12.4. The van der Waals surface area contributed by atoms with Gasteiger partial charge in [-0.3, -0.25) is 14.4 Å². The zero-order valence-electron chi connectivity index (χ0n) is 8.67. The monoisotopic (exact) mass is 248 g/mol. The third-order valence-electron chi connectivity index (χ3n) is 2.27. The normalized spacial score (nSPS) is 14.2. The smallest absolute Gasteiger partial charge is 0.313 e. The van der Waals surface area contributed by atoms with Crippen molar-refractivity contribution >= 4 is 29.3 Å². The Bertz CT molecular complexity index is 545. The molecule has 0 fully saturated rings. The molecule has 0 amide bonds. The van der Waals surface area contributed by atoms with E-state index < -0.39 is 5.97 Å². The van der Waals surface area contributed by atoms with Crippen molar-refractivity contribution < 1.29 is 19.5 Å². The maximum Gasteiger partial charge on any atom is 0.313 e. The highest BCUT2D eigenvalue weighted by atomic mass is 32.2. The topological polar surface area (TPSA) is 71.4 Å². The van der Waals surface area contributed by atoms with Crippen LogP contribution in [0, 0.1) is 0 Å². The van der Waals surface area contributed by atoms with E-state index in [4.69, 9.17) is 5.11 Å². The predicted octanol–water partition coefficient (Wildman–Crippen LogP) is 1.77. The van der Waals surface area contributed by atoms with Crippen LogP contribution >= 0.6 is 11.8 Å². The summed E-state index contributed by atoms with van der Waals surface area (Å²) in [7, 11) is 0. The van der Waals surface area contributed by atoms with Gasteiger partial charge in [0.2, 0.25) is 0 Å². The average Bonchev–Trinajstić information content (AvgIpc) is 2.32. The summed E-state index contributed by atoms with van der Waals surface area (Å²) in [6.07, 6.45) is 1.21. The van der Waals surface area contributed by atoms with E-state index in [1.54, 1.807) is 24.3 Å². The molecule has 0 saturated carbocycles. The van der Waals surface area contributed by atoms with Gasteiger partial charge in [-0.2, -0.15) is 0 Å². The second-order valence-electron chi connectivity index (χ2n) is 3.43. The van der Waals surface area contributed by atoms with Gasteiger partial charge in [0, 0.05) is 17.2 Å². The van der Waals surface area contributed by atoms with Crippen LogP contribution in [-0.4, -0.2) is 28.4 Å². The summed E-state index contributed by atoms with van der Waals surface area (Å²) >= 11 is 0.872. The Morgan fingerprint density at radius 1 is 1.18 bits per heavy atom. The number of hydrogen-bond donors (Lipinski definition) is 1. The average molecular weight is 248 g/mol. The lowest BCUT2D eigenvalue weighted by atomic mass is 9.95. The summed E-state index contributed by atoms with van der Waals surface area (Å²) in [5, 5.41) is 8.55. The van der Waals surface area contributed by atoms with Crippen LogP contribution in [0.15, 0.2) is 35.2 Å². The van der Waals surface area contributed by atoms with Gasteiger partial charge >= 0.3 is 5.97 Å². The lowest BCUT2D eigenvalue weighted by Crippen LogP contribution is -2.16. The molecule has 1 aliphatic carbocycles. The number of aliphatic carboxylic acids is 1. The Morgan fingerprint density at radius 2 is 1.82 bits per heavy atom. The highest BCUT2D eigenvalue weighted by Crippen LogP contribution is 2.27. The van der Waals surface area contributed by atoms with Crippen LogP contribution in [0.1, 0.15) is 20.7 Å². The molecular weight excluding hydrogens is 240 g/mol. The van der Waals surface area contributed by atoms with Gasteiger partial charge in [0.05, 0.1) is 10.7 Å². The van der Waals surface area contributed by atoms with Crippen LogP contribution in [0.5, 0.6) is 0 Å². The second-order valence-corrected chi connectivity index (χ2v) is 4.45. The first-order valence-electron chi connectivity index (χ1n) is 4.84. The van der Waals surface area contributed by atoms with Gasteiger partial charge < -0.3 is 5.11 Å². The first-order valence-corrected chi connectivity index (χ1v) is 5.82. The quantitative estimate of drug-likeness (QED) is 0.882. The van der Waals surface area contributed by atoms with E-state index in [1.807, 2.05) is 0 Å². The molecule has 5 heteroatoms. The van der Waals surface area contributed by atoms with E-state index >= 15 is 0 Å². The molecule has 0 bridgehead atoms. The van der Waals surface area contributed by atoms with Crippen LogP contribution < -0.4 is 0 Å². The Hall–Kier alpha value is -1.88. The van der Waals surface area contributed by atoms with E-state index in [2.05, 4.69) is 0 Å². The molecule has 1 aromatic rings. The number of carboxylic acids is 1. The summed E-state index contributed by atoms with van der Waals surface area (Å²) in [4.78, 5) is 34.3. The van der Waals surface area contributed by atoms with Crippen molar-refractivity contribution in [2.45, 2.75) is 0 Å². The van der Waals surface area contributed by atoms with Crippen molar-refractivity contribution in [3.05, 3.63) is 46.4 Å². The van der Waals surface area contributed by atoms with E-state index in [0.717, 1.165) is 11.8 Å². The maximum absolute atomic E-state index is 11.9. The van der Waals surface area contributed by atoms with Crippen molar-refractivity contribution in [2.24, 2.45) is 0 Å². The third kappa shape index (κ3) is 2.29. The minimum absolute atomic E-state index is 0.191. The van der Waals surface area contributed by atoms with Gasteiger partial charge in [-0.25, -0.2) is 0 Å². The lowest BCUT2D eigenvalue weighted by Gasteiger charge is -2.13. The zero-order valence-corrected chi connectivity index (χ0v) is 9.49. The number of allylic oxidation sites excluding steroid dienone is 2. The molecule has 0 aliphatic heterocycles. The first kappa shape index (κ1) is 11.6. The number of benzene rings is 1. The molecule has 0 atom stereocenters. The van der Waals surface area contributed by atoms with Gasteiger partial charge in [0.15, 0.2) is 11.6 Å². The van der Waals surface area contributed by atoms with E-state index in [-0.39, 0.29) is 22.2 Å². The number of carbonyl (C=O) groups is 3. The van der Waals surface area contributed by atoms with E-state index in [9.17, 15) is 14.4 Å². The van der Waals surface area contributed by atoms with Crippen molar-refractivity contribution in [3.63, 3.8) is 0 Å². The van der Waals surface area contributed by atoms with Crippen molar-refractivity contribution in [2.75, 3.05) is 5.75 Å². The summed E-state index contributed by atoms with van der Waals surface area (Å²) in [5.41, 5.74) is 0.713. The molecule has 0 saturated heterocycles. The molecule has 2 rings (SSSR count). The number of carboxylic acid groups (broad SMARTS) is 1. The molecule has 1 aliphatic rings. The van der Waals surface area contributed by atoms with Gasteiger partial charge in [-0.15, -0.1) is 11.8 Å². The van der Waals surface area contributed by atoms with Crippen LogP contribution in [0.3, 0.4) is 0 Å². The lowest BCUT2D eigenvalue weighted by molar-refractivity contribution is -0.133.